The number of hydrogen-bond acceptors (Lipinski definition) is 4. The van der Waals surface area contributed by atoms with Crippen LogP contribution in [-0.4, -0.2) is 17.1 Å². The summed E-state index contributed by atoms with van der Waals surface area (Å²) in [6.45, 7) is 2.18. The van der Waals surface area contributed by atoms with Crippen LogP contribution >= 0.6 is 11.3 Å². The van der Waals surface area contributed by atoms with Crippen LogP contribution in [-0.2, 0) is 4.79 Å². The molecule has 1 fully saturated rings. The molecule has 1 aliphatic carbocycles. The number of nitrogens with one attached hydrogen (secondary N) is 1. The van der Waals surface area contributed by atoms with E-state index in [1.165, 1.54) is 37.7 Å². The monoisotopic (exact) mass is 419 g/mol. The molecule has 0 spiro atoms. The number of carbonyl (C=O) groups excluding carboxylic acids is 1. The van der Waals surface area contributed by atoms with Gasteiger partial charge in [-0.05, 0) is 49.6 Å². The standard InChI is InChI=1S/C24H25N3O2S/c1-16-7-5-6-10-19(16)26-24-27(18-8-3-2-4-9-18)21(15-30-24)17-11-12-22-20(13-17)25-23(28)14-29-22/h5-7,10-13,15,18H,2-4,8-9,14H2,1H3,(H,25,28). The van der Waals surface area contributed by atoms with Crippen LogP contribution in [0.15, 0.2) is 52.8 Å². The van der Waals surface area contributed by atoms with E-state index in [2.05, 4.69) is 40.4 Å². The summed E-state index contributed by atoms with van der Waals surface area (Å²) in [6.07, 6.45) is 6.17. The van der Waals surface area contributed by atoms with E-state index in [4.69, 9.17) is 9.73 Å². The minimum Gasteiger partial charge on any atom is -0.482 e. The molecular weight excluding hydrogens is 394 g/mol. The molecule has 30 heavy (non-hydrogen) atoms. The van der Waals surface area contributed by atoms with Gasteiger partial charge in [0.15, 0.2) is 11.4 Å². The number of rotatable bonds is 3. The third-order valence-electron chi connectivity index (χ3n) is 5.92. The lowest BCUT2D eigenvalue weighted by molar-refractivity contribution is -0.118. The molecule has 6 heteroatoms. The van der Waals surface area contributed by atoms with E-state index in [1.807, 2.05) is 24.3 Å². The van der Waals surface area contributed by atoms with Crippen molar-refractivity contribution < 1.29 is 9.53 Å². The fourth-order valence-electron chi connectivity index (χ4n) is 4.34. The van der Waals surface area contributed by atoms with E-state index < -0.39 is 0 Å². The quantitative estimate of drug-likeness (QED) is 0.601. The number of amides is 1. The lowest BCUT2D eigenvalue weighted by Gasteiger charge is -2.26. The number of fused-ring (bicyclic) bond motifs is 1. The Morgan fingerprint density at radius 1 is 1.13 bits per heavy atom. The van der Waals surface area contributed by atoms with Gasteiger partial charge in [0.2, 0.25) is 0 Å². The summed E-state index contributed by atoms with van der Waals surface area (Å²) in [6, 6.07) is 14.8. The van der Waals surface area contributed by atoms with Crippen LogP contribution in [0.2, 0.25) is 0 Å². The van der Waals surface area contributed by atoms with Crippen LogP contribution in [0, 0.1) is 6.92 Å². The van der Waals surface area contributed by atoms with E-state index in [0.29, 0.717) is 6.04 Å². The van der Waals surface area contributed by atoms with Crippen molar-refractivity contribution in [1.29, 1.82) is 0 Å². The van der Waals surface area contributed by atoms with Crippen molar-refractivity contribution >= 4 is 28.6 Å². The molecule has 3 aromatic rings. The van der Waals surface area contributed by atoms with Gasteiger partial charge in [-0.15, -0.1) is 11.3 Å². The highest BCUT2D eigenvalue weighted by Crippen LogP contribution is 2.36. The summed E-state index contributed by atoms with van der Waals surface area (Å²) in [7, 11) is 0. The fraction of sp³-hybridized carbons (Fsp3) is 0.333. The van der Waals surface area contributed by atoms with Crippen molar-refractivity contribution in [3.63, 3.8) is 0 Å². The molecule has 2 aliphatic rings. The maximum atomic E-state index is 11.8. The van der Waals surface area contributed by atoms with Crippen molar-refractivity contribution in [3.8, 4) is 17.0 Å². The minimum atomic E-state index is -0.111. The van der Waals surface area contributed by atoms with E-state index in [0.717, 1.165) is 33.2 Å². The highest BCUT2D eigenvalue weighted by Gasteiger charge is 2.22. The maximum absolute atomic E-state index is 11.8. The van der Waals surface area contributed by atoms with Gasteiger partial charge in [-0.3, -0.25) is 4.79 Å². The number of aryl methyl sites for hydroxylation is 1. The maximum Gasteiger partial charge on any atom is 0.262 e. The Morgan fingerprint density at radius 3 is 2.80 bits per heavy atom. The number of thiazole rings is 1. The highest BCUT2D eigenvalue weighted by atomic mass is 32.1. The van der Waals surface area contributed by atoms with Crippen LogP contribution < -0.4 is 14.9 Å². The zero-order valence-corrected chi connectivity index (χ0v) is 17.9. The zero-order chi connectivity index (χ0) is 20.5. The van der Waals surface area contributed by atoms with Crippen molar-refractivity contribution in [3.05, 3.63) is 58.2 Å². The number of nitrogens with zero attached hydrogens (tertiary/aromatic N) is 2. The Kier molecular flexibility index (Phi) is 5.17. The molecule has 0 bridgehead atoms. The normalized spacial score (nSPS) is 17.4. The summed E-state index contributed by atoms with van der Waals surface area (Å²) < 4.78 is 7.96. The Morgan fingerprint density at radius 2 is 1.97 bits per heavy atom. The van der Waals surface area contributed by atoms with Crippen LogP contribution in [0.4, 0.5) is 11.4 Å². The predicted molar refractivity (Wildman–Crippen MR) is 120 cm³/mol. The molecule has 0 saturated heterocycles. The van der Waals surface area contributed by atoms with Gasteiger partial charge >= 0.3 is 0 Å². The lowest BCUT2D eigenvalue weighted by Crippen LogP contribution is -2.25. The van der Waals surface area contributed by atoms with Gasteiger partial charge in [0, 0.05) is 17.0 Å². The number of aromatic nitrogens is 1. The molecular formula is C24H25N3O2S. The Hall–Kier alpha value is -2.86. The fourth-order valence-corrected chi connectivity index (χ4v) is 5.32. The number of para-hydroxylation sites is 1. The van der Waals surface area contributed by atoms with Crippen molar-refractivity contribution in [2.45, 2.75) is 45.1 Å². The first-order chi connectivity index (χ1) is 14.7. The summed E-state index contributed by atoms with van der Waals surface area (Å²) in [5.74, 6) is 0.614. The summed E-state index contributed by atoms with van der Waals surface area (Å²) >= 11 is 1.68. The first kappa shape index (κ1) is 19.1. The van der Waals surface area contributed by atoms with Crippen LogP contribution in [0.5, 0.6) is 5.75 Å². The molecule has 1 aliphatic heterocycles. The second-order valence-corrected chi connectivity index (χ2v) is 8.85. The molecule has 1 N–H and O–H groups in total. The SMILES string of the molecule is Cc1ccccc1N=c1scc(-c2ccc3c(c2)NC(=O)CO3)n1C1CCCCC1. The number of ether oxygens (including phenoxy) is 1. The summed E-state index contributed by atoms with van der Waals surface area (Å²) in [4.78, 5) is 17.9. The first-order valence-electron chi connectivity index (χ1n) is 10.6. The van der Waals surface area contributed by atoms with Crippen molar-refractivity contribution in [2.75, 3.05) is 11.9 Å². The highest BCUT2D eigenvalue weighted by molar-refractivity contribution is 7.07. The van der Waals surface area contributed by atoms with Gasteiger partial charge in [-0.2, -0.15) is 0 Å². The number of anilines is 1. The molecule has 1 amide bonds. The molecule has 1 aromatic heterocycles. The predicted octanol–water partition coefficient (Wildman–Crippen LogP) is 5.59. The lowest BCUT2D eigenvalue weighted by atomic mass is 9.95. The molecule has 154 valence electrons. The van der Waals surface area contributed by atoms with Crippen LogP contribution in [0.3, 0.4) is 0 Å². The largest absolute Gasteiger partial charge is 0.482 e. The number of hydrogen-bond donors (Lipinski definition) is 1. The van der Waals surface area contributed by atoms with Gasteiger partial charge in [-0.25, -0.2) is 4.99 Å². The third kappa shape index (κ3) is 3.67. The molecule has 2 heterocycles. The number of carbonyl (C=O) groups is 1. The third-order valence-corrected chi connectivity index (χ3v) is 6.76. The average molecular weight is 420 g/mol. The molecule has 0 radical (unpaired) electrons. The molecule has 0 atom stereocenters. The Bertz CT molecular complexity index is 1160. The molecule has 2 aromatic carbocycles. The van der Waals surface area contributed by atoms with Gasteiger partial charge in [0.1, 0.15) is 5.75 Å². The van der Waals surface area contributed by atoms with E-state index in [9.17, 15) is 4.79 Å². The number of benzene rings is 2. The Labute approximate surface area is 180 Å². The molecule has 5 rings (SSSR count). The van der Waals surface area contributed by atoms with Crippen LogP contribution in [0.25, 0.3) is 11.3 Å². The average Bonchev–Trinajstić information content (AvgIpc) is 3.19. The van der Waals surface area contributed by atoms with Crippen LogP contribution in [0.1, 0.15) is 43.7 Å². The molecule has 5 nitrogen and oxygen atoms in total. The Balaban J connectivity index is 1.64. The molecule has 0 unspecified atom stereocenters. The zero-order valence-electron chi connectivity index (χ0n) is 17.1. The topological polar surface area (TPSA) is 55.6 Å². The van der Waals surface area contributed by atoms with E-state index >= 15 is 0 Å². The minimum absolute atomic E-state index is 0.0757. The van der Waals surface area contributed by atoms with Gasteiger partial charge in [0.25, 0.3) is 5.91 Å². The van der Waals surface area contributed by atoms with Gasteiger partial charge in [0.05, 0.1) is 17.1 Å². The first-order valence-corrected chi connectivity index (χ1v) is 11.4. The second kappa shape index (κ2) is 8.11. The molecule has 1 saturated carbocycles. The van der Waals surface area contributed by atoms with E-state index in [-0.39, 0.29) is 12.5 Å². The van der Waals surface area contributed by atoms with Gasteiger partial charge < -0.3 is 14.6 Å². The van der Waals surface area contributed by atoms with Gasteiger partial charge in [-0.1, -0.05) is 37.5 Å². The second-order valence-electron chi connectivity index (χ2n) is 8.01. The van der Waals surface area contributed by atoms with Crippen molar-refractivity contribution in [2.24, 2.45) is 4.99 Å². The smallest absolute Gasteiger partial charge is 0.262 e. The van der Waals surface area contributed by atoms with E-state index in [1.54, 1.807) is 11.3 Å². The summed E-state index contributed by atoms with van der Waals surface area (Å²) in [5, 5.41) is 5.12. The summed E-state index contributed by atoms with van der Waals surface area (Å²) in [5.41, 5.74) is 5.16. The van der Waals surface area contributed by atoms with Crippen molar-refractivity contribution in [1.82, 2.24) is 4.57 Å².